The van der Waals surface area contributed by atoms with Crippen molar-refractivity contribution in [2.24, 2.45) is 11.8 Å². The van der Waals surface area contributed by atoms with Gasteiger partial charge < -0.3 is 9.84 Å². The number of carbonyl (C=O) groups excluding carboxylic acids is 1. The zero-order chi connectivity index (χ0) is 16.9. The first-order chi connectivity index (χ1) is 11.2. The first kappa shape index (κ1) is 19.7. The van der Waals surface area contributed by atoms with E-state index < -0.39 is 17.8 Å². The monoisotopic (exact) mass is 324 g/mol. The molecule has 0 radical (unpaired) electrons. The number of rotatable bonds is 11. The van der Waals surface area contributed by atoms with Gasteiger partial charge in [0.25, 0.3) is 0 Å². The summed E-state index contributed by atoms with van der Waals surface area (Å²) >= 11 is 0. The van der Waals surface area contributed by atoms with Crippen LogP contribution >= 0.6 is 0 Å². The fraction of sp³-hybridized carbons (Fsp3) is 0.789. The Kier molecular flexibility index (Phi) is 10.4. The second-order valence-electron chi connectivity index (χ2n) is 6.55. The molecule has 2 unspecified atom stereocenters. The second kappa shape index (κ2) is 12.1. The first-order valence-corrected chi connectivity index (χ1v) is 9.25. The number of unbranched alkanes of at least 4 members (excludes halogenated alkanes) is 7. The van der Waals surface area contributed by atoms with Gasteiger partial charge in [-0.15, -0.1) is 0 Å². The third kappa shape index (κ3) is 8.19. The van der Waals surface area contributed by atoms with Gasteiger partial charge in [0.2, 0.25) is 0 Å². The van der Waals surface area contributed by atoms with Crippen LogP contribution in [0, 0.1) is 11.8 Å². The van der Waals surface area contributed by atoms with Gasteiger partial charge in [-0.1, -0.05) is 58.3 Å². The van der Waals surface area contributed by atoms with Gasteiger partial charge in [0, 0.05) is 0 Å². The molecule has 0 aliphatic heterocycles. The molecule has 1 rings (SSSR count). The number of aliphatic carboxylic acids is 1. The summed E-state index contributed by atoms with van der Waals surface area (Å²) in [6, 6.07) is 0. The zero-order valence-corrected chi connectivity index (χ0v) is 14.5. The summed E-state index contributed by atoms with van der Waals surface area (Å²) in [4.78, 5) is 23.2. The van der Waals surface area contributed by atoms with Crippen molar-refractivity contribution in [2.75, 3.05) is 0 Å². The molecule has 0 spiro atoms. The van der Waals surface area contributed by atoms with Crippen molar-refractivity contribution in [3.63, 3.8) is 0 Å². The molecule has 0 bridgehead atoms. The molecule has 0 saturated heterocycles. The highest BCUT2D eigenvalue weighted by atomic mass is 16.5. The van der Waals surface area contributed by atoms with Gasteiger partial charge >= 0.3 is 11.9 Å². The summed E-state index contributed by atoms with van der Waals surface area (Å²) in [6.45, 7) is 2.22. The van der Waals surface area contributed by atoms with Crippen molar-refractivity contribution in [1.29, 1.82) is 0 Å². The van der Waals surface area contributed by atoms with Crippen LogP contribution in [0.3, 0.4) is 0 Å². The van der Waals surface area contributed by atoms with E-state index in [-0.39, 0.29) is 5.97 Å². The molecular formula is C19H32O4. The second-order valence-corrected chi connectivity index (χ2v) is 6.55. The van der Waals surface area contributed by atoms with Crippen LogP contribution in [-0.2, 0) is 14.3 Å². The molecule has 0 amide bonds. The zero-order valence-electron chi connectivity index (χ0n) is 14.5. The highest BCUT2D eigenvalue weighted by Gasteiger charge is 2.36. The van der Waals surface area contributed by atoms with Crippen LogP contribution in [0.1, 0.15) is 84.0 Å². The van der Waals surface area contributed by atoms with Gasteiger partial charge in [0.05, 0.1) is 18.1 Å². The molecule has 1 N–H and O–H groups in total. The number of hydrogen-bond donors (Lipinski definition) is 1. The van der Waals surface area contributed by atoms with Crippen molar-refractivity contribution < 1.29 is 19.4 Å². The summed E-state index contributed by atoms with van der Waals surface area (Å²) in [7, 11) is 0. The summed E-state index contributed by atoms with van der Waals surface area (Å²) in [5.41, 5.74) is 0. The van der Waals surface area contributed by atoms with Gasteiger partial charge in [0.1, 0.15) is 0 Å². The predicted octanol–water partition coefficient (Wildman–Crippen LogP) is 5.08. The Balaban J connectivity index is 2.13. The average Bonchev–Trinajstić information content (AvgIpc) is 2.56. The van der Waals surface area contributed by atoms with E-state index in [1.54, 1.807) is 0 Å². The lowest BCUT2D eigenvalue weighted by atomic mass is 9.79. The number of esters is 1. The molecule has 0 heterocycles. The summed E-state index contributed by atoms with van der Waals surface area (Å²) in [6.07, 6.45) is 16.1. The van der Waals surface area contributed by atoms with Gasteiger partial charge in [-0.25, -0.2) is 0 Å². The maximum Gasteiger partial charge on any atom is 0.314 e. The molecule has 1 fully saturated rings. The quantitative estimate of drug-likeness (QED) is 0.327. The first-order valence-electron chi connectivity index (χ1n) is 9.25. The third-order valence-electron chi connectivity index (χ3n) is 4.64. The van der Waals surface area contributed by atoms with E-state index in [2.05, 4.69) is 6.92 Å². The van der Waals surface area contributed by atoms with E-state index in [4.69, 9.17) is 4.74 Å². The highest BCUT2D eigenvalue weighted by molar-refractivity contribution is 5.81. The van der Waals surface area contributed by atoms with Crippen LogP contribution in [0.4, 0.5) is 0 Å². The maximum absolute atomic E-state index is 12.0. The minimum absolute atomic E-state index is 0.382. The van der Waals surface area contributed by atoms with Gasteiger partial charge in [-0.2, -0.15) is 0 Å². The normalized spacial score (nSPS) is 21.4. The Morgan fingerprint density at radius 3 is 2.26 bits per heavy atom. The highest BCUT2D eigenvalue weighted by Crippen LogP contribution is 2.31. The standard InChI is InChI=1S/C19H32O4/c1-2-3-4-5-6-7-8-9-12-15-23-19(22)17-14-11-10-13-16(17)18(20)21/h12,15-17H,2-11,13-14H2,1H3,(H,20,21)/b15-12+. The van der Waals surface area contributed by atoms with Crippen molar-refractivity contribution in [2.45, 2.75) is 84.0 Å². The van der Waals surface area contributed by atoms with Crippen molar-refractivity contribution >= 4 is 11.9 Å². The van der Waals surface area contributed by atoms with E-state index in [9.17, 15) is 14.7 Å². The number of ether oxygens (including phenoxy) is 1. The van der Waals surface area contributed by atoms with Crippen LogP contribution in [-0.4, -0.2) is 17.0 Å². The molecule has 1 saturated carbocycles. The van der Waals surface area contributed by atoms with E-state index in [1.165, 1.54) is 44.8 Å². The molecule has 4 nitrogen and oxygen atoms in total. The van der Waals surface area contributed by atoms with Crippen LogP contribution in [0.5, 0.6) is 0 Å². The number of allylic oxidation sites excluding steroid dienone is 1. The Labute approximate surface area is 140 Å². The Bertz CT molecular complexity index is 376. The topological polar surface area (TPSA) is 63.6 Å². The summed E-state index contributed by atoms with van der Waals surface area (Å²) in [5.74, 6) is -2.32. The van der Waals surface area contributed by atoms with Crippen LogP contribution < -0.4 is 0 Å². The molecule has 23 heavy (non-hydrogen) atoms. The van der Waals surface area contributed by atoms with Crippen LogP contribution in [0.15, 0.2) is 12.3 Å². The SMILES string of the molecule is CCCCCCCCC/C=C/OC(=O)C1CCCCC1C(=O)O. The Hall–Kier alpha value is -1.32. The smallest absolute Gasteiger partial charge is 0.314 e. The van der Waals surface area contributed by atoms with Crippen molar-refractivity contribution in [1.82, 2.24) is 0 Å². The number of carbonyl (C=O) groups is 2. The van der Waals surface area contributed by atoms with E-state index >= 15 is 0 Å². The molecule has 132 valence electrons. The molecule has 0 aromatic carbocycles. The molecule has 0 aromatic rings. The number of hydrogen-bond acceptors (Lipinski definition) is 3. The lowest BCUT2D eigenvalue weighted by molar-refractivity contribution is -0.156. The molecular weight excluding hydrogens is 292 g/mol. The minimum Gasteiger partial charge on any atom is -0.481 e. The maximum atomic E-state index is 12.0. The van der Waals surface area contributed by atoms with Crippen LogP contribution in [0.2, 0.25) is 0 Å². The molecule has 2 atom stereocenters. The van der Waals surface area contributed by atoms with Crippen molar-refractivity contribution in [3.8, 4) is 0 Å². The fourth-order valence-corrected chi connectivity index (χ4v) is 3.20. The number of carboxylic acids is 1. The Morgan fingerprint density at radius 2 is 1.61 bits per heavy atom. The van der Waals surface area contributed by atoms with Crippen LogP contribution in [0.25, 0.3) is 0 Å². The lowest BCUT2D eigenvalue weighted by Gasteiger charge is -2.25. The van der Waals surface area contributed by atoms with E-state index in [0.29, 0.717) is 12.8 Å². The Morgan fingerprint density at radius 1 is 1.00 bits per heavy atom. The van der Waals surface area contributed by atoms with Gasteiger partial charge in [-0.05, 0) is 31.8 Å². The van der Waals surface area contributed by atoms with Gasteiger partial charge in [0.15, 0.2) is 0 Å². The lowest BCUT2D eigenvalue weighted by Crippen LogP contribution is -2.33. The average molecular weight is 324 g/mol. The number of carboxylic acid groups (broad SMARTS) is 1. The molecule has 1 aliphatic carbocycles. The molecule has 4 heteroatoms. The largest absolute Gasteiger partial charge is 0.481 e. The molecule has 1 aliphatic rings. The van der Waals surface area contributed by atoms with E-state index in [1.807, 2.05) is 6.08 Å². The fourth-order valence-electron chi connectivity index (χ4n) is 3.20. The van der Waals surface area contributed by atoms with Gasteiger partial charge in [-0.3, -0.25) is 9.59 Å². The van der Waals surface area contributed by atoms with Crippen molar-refractivity contribution in [3.05, 3.63) is 12.3 Å². The molecule has 0 aromatic heterocycles. The minimum atomic E-state index is -0.876. The predicted molar refractivity (Wildman–Crippen MR) is 90.9 cm³/mol. The third-order valence-corrected chi connectivity index (χ3v) is 4.64. The summed E-state index contributed by atoms with van der Waals surface area (Å²) < 4.78 is 5.14. The summed E-state index contributed by atoms with van der Waals surface area (Å²) in [5, 5.41) is 9.18. The van der Waals surface area contributed by atoms with E-state index in [0.717, 1.165) is 25.7 Å².